The van der Waals surface area contributed by atoms with Crippen molar-refractivity contribution in [2.24, 2.45) is 0 Å². The molecule has 0 N–H and O–H groups in total. The predicted molar refractivity (Wildman–Crippen MR) is 61.4 cm³/mol. The number of hydrogen-bond acceptors (Lipinski definition) is 4. The molecular formula is C13H7LiN2O2. The summed E-state index contributed by atoms with van der Waals surface area (Å²) in [5.41, 5.74) is 1.22. The van der Waals surface area contributed by atoms with E-state index in [1.807, 2.05) is 24.3 Å². The first-order valence-electron chi connectivity index (χ1n) is 5.11. The molecule has 0 unspecified atom stereocenters. The molecule has 18 heavy (non-hydrogen) atoms. The minimum absolute atomic E-state index is 0. The normalized spacial score (nSPS) is 10.2. The average molecular weight is 230 g/mol. The molecule has 5 heteroatoms. The molecule has 0 saturated heterocycles. The number of pyridine rings is 2. The summed E-state index contributed by atoms with van der Waals surface area (Å²) in [7, 11) is 0. The summed E-state index contributed by atoms with van der Waals surface area (Å²) in [5.74, 6) is -1.28. The second kappa shape index (κ2) is 4.77. The zero-order valence-electron chi connectivity index (χ0n) is 9.75. The summed E-state index contributed by atoms with van der Waals surface area (Å²) in [6, 6.07) is 10.7. The van der Waals surface area contributed by atoms with Crippen LogP contribution in [0.15, 0.2) is 42.6 Å². The minimum Gasteiger partial charge on any atom is -0.543 e. The zero-order valence-corrected chi connectivity index (χ0v) is 9.75. The van der Waals surface area contributed by atoms with Gasteiger partial charge in [0.05, 0.1) is 22.7 Å². The molecule has 0 atom stereocenters. The monoisotopic (exact) mass is 230 g/mol. The van der Waals surface area contributed by atoms with Crippen LogP contribution in [0.1, 0.15) is 10.5 Å². The maximum Gasteiger partial charge on any atom is 1.00 e. The van der Waals surface area contributed by atoms with Crippen molar-refractivity contribution in [1.29, 1.82) is 0 Å². The van der Waals surface area contributed by atoms with Gasteiger partial charge >= 0.3 is 18.9 Å². The fourth-order valence-corrected chi connectivity index (χ4v) is 1.84. The van der Waals surface area contributed by atoms with E-state index >= 15 is 0 Å². The Hall–Kier alpha value is -1.89. The number of hydrogen-bond donors (Lipinski definition) is 0. The third-order valence-electron chi connectivity index (χ3n) is 2.64. The number of rotatable bonds is 1. The van der Waals surface area contributed by atoms with E-state index in [9.17, 15) is 9.90 Å². The van der Waals surface area contributed by atoms with Crippen molar-refractivity contribution in [2.45, 2.75) is 0 Å². The molecule has 2 aromatic heterocycles. The van der Waals surface area contributed by atoms with Gasteiger partial charge in [-0.1, -0.05) is 24.3 Å². The van der Waals surface area contributed by atoms with E-state index < -0.39 is 5.97 Å². The van der Waals surface area contributed by atoms with E-state index in [1.165, 1.54) is 6.07 Å². The molecule has 3 rings (SSSR count). The smallest absolute Gasteiger partial charge is 0.543 e. The number of carboxylic acid groups (broad SMARTS) is 1. The van der Waals surface area contributed by atoms with Gasteiger partial charge in [-0.3, -0.25) is 4.98 Å². The van der Waals surface area contributed by atoms with E-state index in [4.69, 9.17) is 0 Å². The number of benzene rings is 1. The number of aromatic nitrogens is 2. The molecule has 0 fully saturated rings. The second-order valence-corrected chi connectivity index (χ2v) is 3.70. The maximum absolute atomic E-state index is 10.8. The van der Waals surface area contributed by atoms with Gasteiger partial charge < -0.3 is 9.90 Å². The molecule has 0 amide bonds. The molecule has 4 nitrogen and oxygen atoms in total. The molecule has 0 aliphatic rings. The Balaban J connectivity index is 0.00000120. The van der Waals surface area contributed by atoms with Crippen LogP contribution in [-0.2, 0) is 0 Å². The molecule has 1 aromatic carbocycles. The van der Waals surface area contributed by atoms with Crippen molar-refractivity contribution in [3.63, 3.8) is 0 Å². The Kier molecular flexibility index (Phi) is 3.33. The summed E-state index contributed by atoms with van der Waals surface area (Å²) in [4.78, 5) is 19.1. The summed E-state index contributed by atoms with van der Waals surface area (Å²) in [5, 5.41) is 12.6. The van der Waals surface area contributed by atoms with Gasteiger partial charge in [0.1, 0.15) is 0 Å². The van der Waals surface area contributed by atoms with Crippen LogP contribution in [0.5, 0.6) is 0 Å². The number of nitrogens with zero attached hydrogens (tertiary/aromatic N) is 2. The fraction of sp³-hybridized carbons (Fsp3) is 0. The quantitative estimate of drug-likeness (QED) is 0.363. The van der Waals surface area contributed by atoms with Gasteiger partial charge in [0.2, 0.25) is 0 Å². The molecule has 0 spiro atoms. The van der Waals surface area contributed by atoms with Gasteiger partial charge in [-0.15, -0.1) is 0 Å². The third kappa shape index (κ3) is 1.97. The van der Waals surface area contributed by atoms with Crippen LogP contribution in [0, 0.1) is 0 Å². The van der Waals surface area contributed by atoms with Gasteiger partial charge in [0, 0.05) is 17.0 Å². The fourth-order valence-electron chi connectivity index (χ4n) is 1.84. The average Bonchev–Trinajstić information content (AvgIpc) is 2.38. The van der Waals surface area contributed by atoms with Gasteiger partial charge in [0.15, 0.2) is 0 Å². The SMILES string of the molecule is O=C([O-])c1ccc2ccc3cccnc3c2n1.[Li+]. The van der Waals surface area contributed by atoms with Crippen LogP contribution >= 0.6 is 0 Å². The zero-order chi connectivity index (χ0) is 11.8. The van der Waals surface area contributed by atoms with E-state index in [2.05, 4.69) is 9.97 Å². The first kappa shape index (κ1) is 12.6. The number of carbonyl (C=O) groups is 1. The van der Waals surface area contributed by atoms with Crippen molar-refractivity contribution < 1.29 is 28.8 Å². The van der Waals surface area contributed by atoms with Gasteiger partial charge in [-0.25, -0.2) is 4.98 Å². The largest absolute Gasteiger partial charge is 1.00 e. The van der Waals surface area contributed by atoms with Crippen LogP contribution in [0.2, 0.25) is 0 Å². The van der Waals surface area contributed by atoms with Crippen molar-refractivity contribution >= 4 is 27.8 Å². The standard InChI is InChI=1S/C13H8N2O2.Li/c16-13(17)10-6-5-9-4-3-8-2-1-7-14-11(8)12(9)15-10;/h1-7H,(H,16,17);/q;+1/p-1. The minimum atomic E-state index is -1.28. The Morgan fingerprint density at radius 1 is 1.00 bits per heavy atom. The Morgan fingerprint density at radius 2 is 1.67 bits per heavy atom. The predicted octanol–water partition coefficient (Wildman–Crippen LogP) is -1.85. The van der Waals surface area contributed by atoms with Crippen molar-refractivity contribution in [1.82, 2.24) is 9.97 Å². The molecular weight excluding hydrogens is 223 g/mol. The van der Waals surface area contributed by atoms with Gasteiger partial charge in [0.25, 0.3) is 0 Å². The Bertz CT molecular complexity index is 743. The molecule has 0 aliphatic heterocycles. The number of carboxylic acids is 1. The van der Waals surface area contributed by atoms with Crippen molar-refractivity contribution in [3.05, 3.63) is 48.3 Å². The molecule has 0 saturated carbocycles. The van der Waals surface area contributed by atoms with Crippen LogP contribution in [-0.4, -0.2) is 15.9 Å². The van der Waals surface area contributed by atoms with Crippen LogP contribution in [0.3, 0.4) is 0 Å². The first-order chi connectivity index (χ1) is 8.25. The molecule has 0 aliphatic carbocycles. The van der Waals surface area contributed by atoms with Crippen molar-refractivity contribution in [2.75, 3.05) is 0 Å². The van der Waals surface area contributed by atoms with E-state index in [0.29, 0.717) is 11.0 Å². The number of fused-ring (bicyclic) bond motifs is 3. The number of aromatic carboxylic acids is 1. The van der Waals surface area contributed by atoms with Crippen LogP contribution < -0.4 is 24.0 Å². The van der Waals surface area contributed by atoms with Gasteiger partial charge in [-0.05, 0) is 12.1 Å². The van der Waals surface area contributed by atoms with Crippen LogP contribution in [0.25, 0.3) is 21.8 Å². The Labute approximate surface area is 115 Å². The second-order valence-electron chi connectivity index (χ2n) is 3.70. The van der Waals surface area contributed by atoms with E-state index in [-0.39, 0.29) is 24.6 Å². The number of carbonyl (C=O) groups excluding carboxylic acids is 1. The molecule has 0 radical (unpaired) electrons. The van der Waals surface area contributed by atoms with Crippen molar-refractivity contribution in [3.8, 4) is 0 Å². The van der Waals surface area contributed by atoms with E-state index in [0.717, 1.165) is 10.8 Å². The third-order valence-corrected chi connectivity index (χ3v) is 2.64. The molecule has 82 valence electrons. The topological polar surface area (TPSA) is 65.9 Å². The maximum atomic E-state index is 10.8. The Morgan fingerprint density at radius 3 is 2.39 bits per heavy atom. The van der Waals surface area contributed by atoms with E-state index in [1.54, 1.807) is 12.3 Å². The molecule has 0 bridgehead atoms. The molecule has 3 aromatic rings. The summed E-state index contributed by atoms with van der Waals surface area (Å²) in [6.45, 7) is 0. The molecule has 2 heterocycles. The summed E-state index contributed by atoms with van der Waals surface area (Å²) >= 11 is 0. The van der Waals surface area contributed by atoms with Gasteiger partial charge in [-0.2, -0.15) is 0 Å². The summed E-state index contributed by atoms with van der Waals surface area (Å²) in [6.07, 6.45) is 1.66. The first-order valence-corrected chi connectivity index (χ1v) is 5.11. The summed E-state index contributed by atoms with van der Waals surface area (Å²) < 4.78 is 0. The van der Waals surface area contributed by atoms with Crippen LogP contribution in [0.4, 0.5) is 0 Å².